The summed E-state index contributed by atoms with van der Waals surface area (Å²) < 4.78 is 77.0. The van der Waals surface area contributed by atoms with Crippen LogP contribution in [0.4, 0.5) is 27.1 Å². The van der Waals surface area contributed by atoms with Crippen molar-refractivity contribution in [1.82, 2.24) is 9.55 Å². The van der Waals surface area contributed by atoms with Gasteiger partial charge in [0, 0.05) is 69.6 Å². The number of para-hydroxylation sites is 1. The van der Waals surface area contributed by atoms with E-state index in [2.05, 4.69) is 75.9 Å². The standard InChI is InChI=1S/C63H52FN4O.Pt/c1-39(2)55-34-47(45-21-23-49(64)24-22-45)35-56(40(3)4)63(55)67-38-66(58-27-20-41(5)29-60(58)67)50-32-48(62-42(6)30-46(31-43(62)7)44-15-9-8-10-16-44)33-52(36-50)69-51-25-26-54-53-17-11-12-18-57(53)68(59(54)37-51)61-19-13-14-28-65-61;/h8-35,38-40H,1-7H3;/q-3;/i6D3,7D3;. The van der Waals surface area contributed by atoms with Crippen LogP contribution < -0.4 is 14.5 Å². The zero-order chi connectivity index (χ0) is 52.5. The Balaban J connectivity index is 0.00000657. The Bertz CT molecular complexity index is 3740. The Hall–Kier alpha value is -7.27. The maximum absolute atomic E-state index is 14.2. The third kappa shape index (κ3) is 8.49. The summed E-state index contributed by atoms with van der Waals surface area (Å²) in [5, 5.41) is 1.95. The second-order valence-corrected chi connectivity index (χ2v) is 18.3. The van der Waals surface area contributed by atoms with E-state index < -0.39 is 13.7 Å². The Kier molecular flexibility index (Phi) is 10.7. The van der Waals surface area contributed by atoms with Crippen molar-refractivity contribution in [3.63, 3.8) is 0 Å². The molecule has 0 atom stereocenters. The van der Waals surface area contributed by atoms with Gasteiger partial charge in [0.15, 0.2) is 0 Å². The average Bonchev–Trinajstić information content (AvgIpc) is 4.02. The normalized spacial score (nSPS) is 13.9. The van der Waals surface area contributed by atoms with Crippen LogP contribution in [0.2, 0.25) is 0 Å². The largest absolute Gasteiger partial charge is 0.509 e. The van der Waals surface area contributed by atoms with Crippen molar-refractivity contribution in [3.8, 4) is 50.7 Å². The summed E-state index contributed by atoms with van der Waals surface area (Å²) in [5.74, 6) is 1.10. The summed E-state index contributed by atoms with van der Waals surface area (Å²) in [5.41, 5.74) is 11.3. The number of fused-ring (bicyclic) bond motifs is 4. The molecule has 5 nitrogen and oxygen atoms in total. The summed E-state index contributed by atoms with van der Waals surface area (Å²) in [6.45, 7) is 7.27. The number of benzene rings is 8. The number of halogens is 1. The molecule has 10 aromatic rings. The number of nitrogens with zero attached hydrogens (tertiary/aromatic N) is 4. The average molecular weight is 1100 g/mol. The van der Waals surface area contributed by atoms with Crippen LogP contribution in [0.5, 0.6) is 11.5 Å². The molecule has 0 fully saturated rings. The first kappa shape index (κ1) is 39.6. The minimum Gasteiger partial charge on any atom is -0.509 e. The molecular weight excluding hydrogens is 1040 g/mol. The van der Waals surface area contributed by atoms with Gasteiger partial charge in [0.2, 0.25) is 0 Å². The van der Waals surface area contributed by atoms with Crippen LogP contribution >= 0.6 is 0 Å². The number of pyridine rings is 1. The summed E-state index contributed by atoms with van der Waals surface area (Å²) in [4.78, 5) is 8.91. The molecule has 0 bridgehead atoms. The molecule has 0 spiro atoms. The first-order valence-electron chi connectivity index (χ1n) is 26.3. The van der Waals surface area contributed by atoms with Crippen molar-refractivity contribution in [2.24, 2.45) is 0 Å². The molecule has 8 aromatic carbocycles. The van der Waals surface area contributed by atoms with Gasteiger partial charge in [0.1, 0.15) is 11.6 Å². The van der Waals surface area contributed by atoms with Crippen molar-refractivity contribution in [3.05, 3.63) is 222 Å². The molecule has 70 heavy (non-hydrogen) atoms. The van der Waals surface area contributed by atoms with E-state index >= 15 is 0 Å². The Morgan fingerprint density at radius 3 is 1.99 bits per heavy atom. The van der Waals surface area contributed by atoms with Crippen molar-refractivity contribution < 1.29 is 38.4 Å². The van der Waals surface area contributed by atoms with Crippen molar-refractivity contribution in [2.45, 2.75) is 60.2 Å². The first-order valence-corrected chi connectivity index (χ1v) is 23.3. The fourth-order valence-electron chi connectivity index (χ4n) is 9.67. The van der Waals surface area contributed by atoms with Crippen LogP contribution in [-0.4, -0.2) is 9.55 Å². The van der Waals surface area contributed by atoms with E-state index in [-0.39, 0.29) is 61.2 Å². The fourth-order valence-corrected chi connectivity index (χ4v) is 9.67. The maximum Gasteiger partial charge on any atom is 0.135 e. The second kappa shape index (κ2) is 18.9. The van der Waals surface area contributed by atoms with Crippen molar-refractivity contribution in [2.75, 3.05) is 9.80 Å². The molecule has 1 aliphatic rings. The predicted molar refractivity (Wildman–Crippen MR) is 283 cm³/mol. The third-order valence-electron chi connectivity index (χ3n) is 13.0. The third-order valence-corrected chi connectivity index (χ3v) is 13.0. The fraction of sp³-hybridized carbons (Fsp3) is 0.143. The molecule has 2 aromatic heterocycles. The molecule has 350 valence electrons. The van der Waals surface area contributed by atoms with E-state index in [0.717, 1.165) is 66.7 Å². The molecule has 0 aliphatic carbocycles. The van der Waals surface area contributed by atoms with E-state index in [4.69, 9.17) is 17.9 Å². The molecule has 0 unspecified atom stereocenters. The van der Waals surface area contributed by atoms with E-state index in [0.29, 0.717) is 33.9 Å². The molecular formula is C63H52FN4OPt-3. The van der Waals surface area contributed by atoms with Gasteiger partial charge in [-0.25, -0.2) is 9.37 Å². The van der Waals surface area contributed by atoms with E-state index in [1.807, 2.05) is 119 Å². The second-order valence-electron chi connectivity index (χ2n) is 18.3. The molecule has 7 heteroatoms. The van der Waals surface area contributed by atoms with Crippen LogP contribution in [0.15, 0.2) is 170 Å². The SMILES string of the molecule is [2H]C([2H])([2H])c1cc(-c2ccccc2)cc(C([2H])([2H])[2H])c1-c1cc(Oc2[c-]c3c(cc2)c2ccccc2n3-c2ccccn2)[c-]c(N2[CH-]N(c3c(C(C)C)cc(-c4ccc(F)cc4)cc3C(C)C)c3cc(C)ccc32)c1.[Pt]. The minimum absolute atomic E-state index is 0. The van der Waals surface area contributed by atoms with Crippen LogP contribution in [0.3, 0.4) is 0 Å². The Morgan fingerprint density at radius 2 is 1.29 bits per heavy atom. The van der Waals surface area contributed by atoms with Gasteiger partial charge in [-0.05, 0) is 148 Å². The molecule has 3 heterocycles. The number of hydrogen-bond donors (Lipinski definition) is 0. The van der Waals surface area contributed by atoms with Gasteiger partial charge in [-0.2, -0.15) is 6.07 Å². The number of aryl methyl sites for hydroxylation is 3. The van der Waals surface area contributed by atoms with E-state index in [1.54, 1.807) is 30.5 Å². The number of rotatable bonds is 10. The van der Waals surface area contributed by atoms with Crippen LogP contribution in [0, 0.1) is 45.2 Å². The number of hydrogen-bond acceptors (Lipinski definition) is 4. The summed E-state index contributed by atoms with van der Waals surface area (Å²) in [7, 11) is 0. The number of anilines is 4. The van der Waals surface area contributed by atoms with Crippen LogP contribution in [0.25, 0.3) is 61.0 Å². The molecule has 0 N–H and O–H groups in total. The van der Waals surface area contributed by atoms with Gasteiger partial charge in [-0.1, -0.05) is 118 Å². The van der Waals surface area contributed by atoms with Crippen molar-refractivity contribution in [1.29, 1.82) is 0 Å². The van der Waals surface area contributed by atoms with Crippen LogP contribution in [0.1, 0.15) is 75.6 Å². The maximum atomic E-state index is 14.2. The predicted octanol–water partition coefficient (Wildman–Crippen LogP) is 17.3. The molecule has 0 radical (unpaired) electrons. The van der Waals surface area contributed by atoms with Crippen molar-refractivity contribution >= 4 is 44.6 Å². The molecule has 1 aliphatic heterocycles. The molecule has 0 saturated carbocycles. The number of ether oxygens (including phenoxy) is 1. The minimum atomic E-state index is -2.74. The summed E-state index contributed by atoms with van der Waals surface area (Å²) in [6.07, 6.45) is 1.75. The molecule has 11 rings (SSSR count). The zero-order valence-corrected chi connectivity index (χ0v) is 41.6. The zero-order valence-electron chi connectivity index (χ0n) is 45.3. The van der Waals surface area contributed by atoms with Gasteiger partial charge >= 0.3 is 0 Å². The van der Waals surface area contributed by atoms with Gasteiger partial charge < -0.3 is 19.1 Å². The topological polar surface area (TPSA) is 33.5 Å². The smallest absolute Gasteiger partial charge is 0.135 e. The summed E-state index contributed by atoms with van der Waals surface area (Å²) in [6, 6.07) is 57.8. The Morgan fingerprint density at radius 1 is 0.600 bits per heavy atom. The number of aromatic nitrogens is 2. The molecule has 0 saturated heterocycles. The van der Waals surface area contributed by atoms with Gasteiger partial charge in [-0.15, -0.1) is 53.6 Å². The van der Waals surface area contributed by atoms with Crippen LogP contribution in [-0.2, 0) is 21.1 Å². The van der Waals surface area contributed by atoms with E-state index in [1.165, 1.54) is 12.1 Å². The van der Waals surface area contributed by atoms with E-state index in [9.17, 15) is 4.39 Å². The van der Waals surface area contributed by atoms with Gasteiger partial charge in [-0.3, -0.25) is 0 Å². The van der Waals surface area contributed by atoms with Gasteiger partial charge in [0.05, 0.1) is 0 Å². The monoisotopic (exact) mass is 1100 g/mol. The molecule has 0 amide bonds. The van der Waals surface area contributed by atoms with Gasteiger partial charge in [0.25, 0.3) is 0 Å². The summed E-state index contributed by atoms with van der Waals surface area (Å²) >= 11 is 0. The quantitative estimate of drug-likeness (QED) is 0.128. The Labute approximate surface area is 433 Å². The first-order chi connectivity index (χ1) is 35.9.